The van der Waals surface area contributed by atoms with Crippen LogP contribution in [0, 0.1) is 0 Å². The van der Waals surface area contributed by atoms with Gasteiger partial charge in [0.2, 0.25) is 0 Å². The average molecular weight is 311 g/mol. The lowest BCUT2D eigenvalue weighted by atomic mass is 10.2. The van der Waals surface area contributed by atoms with E-state index in [4.69, 9.17) is 16.7 Å². The highest BCUT2D eigenvalue weighted by atomic mass is 35.5. The van der Waals surface area contributed by atoms with Crippen molar-refractivity contribution in [2.45, 2.75) is 19.0 Å². The molecule has 1 aromatic carbocycles. The molecule has 0 saturated carbocycles. The van der Waals surface area contributed by atoms with Gasteiger partial charge >= 0.3 is 5.97 Å². The maximum Gasteiger partial charge on any atom is 0.332 e. The summed E-state index contributed by atoms with van der Waals surface area (Å²) in [5.74, 6) is -1.06. The number of hydrogen-bond acceptors (Lipinski definition) is 5. The minimum Gasteiger partial charge on any atom is -0.479 e. The third-order valence-electron chi connectivity index (χ3n) is 2.80. The zero-order valence-corrected chi connectivity index (χ0v) is 11.9. The van der Waals surface area contributed by atoms with Gasteiger partial charge in [-0.25, -0.2) is 4.79 Å². The molecule has 0 aliphatic heterocycles. The molecule has 2 aromatic rings. The molecule has 3 N–H and O–H groups in total. The Hall–Kier alpha value is -2.12. The van der Waals surface area contributed by atoms with Crippen molar-refractivity contribution in [3.63, 3.8) is 0 Å². The first-order chi connectivity index (χ1) is 10.1. The first-order valence-electron chi connectivity index (χ1n) is 6.36. The highest BCUT2D eigenvalue weighted by molar-refractivity contribution is 6.30. The standard InChI is InChI=1S/C13H15ClN4O3/c14-9-2-4-10(5-3-9)15-12(13(20)21)11-8-18(17-16-11)6-1-7-19/h2-5,8,12,15,19H,1,6-7H2,(H,20,21). The lowest BCUT2D eigenvalue weighted by molar-refractivity contribution is -0.138. The van der Waals surface area contributed by atoms with Gasteiger partial charge in [0.15, 0.2) is 6.04 Å². The Labute approximate surface area is 126 Å². The van der Waals surface area contributed by atoms with Crippen LogP contribution in [0.25, 0.3) is 0 Å². The first kappa shape index (κ1) is 15.3. The number of aliphatic hydroxyl groups excluding tert-OH is 1. The van der Waals surface area contributed by atoms with Crippen molar-refractivity contribution >= 4 is 23.3 Å². The van der Waals surface area contributed by atoms with Crippen LogP contribution in [0.2, 0.25) is 5.02 Å². The number of carboxylic acid groups (broad SMARTS) is 1. The highest BCUT2D eigenvalue weighted by Crippen LogP contribution is 2.20. The molecule has 0 saturated heterocycles. The molecular weight excluding hydrogens is 296 g/mol. The summed E-state index contributed by atoms with van der Waals surface area (Å²) in [7, 11) is 0. The fourth-order valence-electron chi connectivity index (χ4n) is 1.76. The van der Waals surface area contributed by atoms with Crippen LogP contribution < -0.4 is 5.32 Å². The average Bonchev–Trinajstić information content (AvgIpc) is 2.92. The Balaban J connectivity index is 2.13. The van der Waals surface area contributed by atoms with E-state index in [2.05, 4.69) is 15.6 Å². The van der Waals surface area contributed by atoms with Crippen LogP contribution in [0.15, 0.2) is 30.5 Å². The van der Waals surface area contributed by atoms with Crippen molar-refractivity contribution in [2.75, 3.05) is 11.9 Å². The third kappa shape index (κ3) is 4.17. The SMILES string of the molecule is O=C(O)C(Nc1ccc(Cl)cc1)c1cn(CCCO)nn1. The minimum atomic E-state index is -1.06. The fourth-order valence-corrected chi connectivity index (χ4v) is 1.89. The molecule has 0 amide bonds. The van der Waals surface area contributed by atoms with Crippen LogP contribution in [0.5, 0.6) is 0 Å². The Morgan fingerprint density at radius 2 is 2.10 bits per heavy atom. The maximum absolute atomic E-state index is 11.4. The number of rotatable bonds is 7. The van der Waals surface area contributed by atoms with Gasteiger partial charge in [0.05, 0.1) is 6.20 Å². The zero-order chi connectivity index (χ0) is 15.2. The van der Waals surface area contributed by atoms with Crippen molar-refractivity contribution < 1.29 is 15.0 Å². The molecule has 21 heavy (non-hydrogen) atoms. The molecule has 0 aliphatic rings. The lowest BCUT2D eigenvalue weighted by Crippen LogP contribution is -2.20. The topological polar surface area (TPSA) is 100 Å². The van der Waals surface area contributed by atoms with E-state index in [0.29, 0.717) is 29.4 Å². The van der Waals surface area contributed by atoms with Crippen LogP contribution in [0.1, 0.15) is 18.2 Å². The molecule has 112 valence electrons. The molecule has 1 heterocycles. The number of hydrogen-bond donors (Lipinski definition) is 3. The number of nitrogens with one attached hydrogen (secondary N) is 1. The normalized spacial score (nSPS) is 12.1. The van der Waals surface area contributed by atoms with Gasteiger partial charge in [-0.3, -0.25) is 4.68 Å². The predicted octanol–water partition coefficient (Wildman–Crippen LogP) is 1.55. The van der Waals surface area contributed by atoms with Crippen molar-refractivity contribution in [1.29, 1.82) is 0 Å². The molecule has 0 radical (unpaired) electrons. The van der Waals surface area contributed by atoms with Gasteiger partial charge in [-0.05, 0) is 30.7 Å². The molecule has 0 bridgehead atoms. The third-order valence-corrected chi connectivity index (χ3v) is 3.05. The lowest BCUT2D eigenvalue weighted by Gasteiger charge is -2.13. The summed E-state index contributed by atoms with van der Waals surface area (Å²) < 4.78 is 1.50. The Kier molecular flexibility index (Phi) is 5.13. The summed E-state index contributed by atoms with van der Waals surface area (Å²) in [6.07, 6.45) is 2.09. The van der Waals surface area contributed by atoms with E-state index in [1.54, 1.807) is 30.5 Å². The first-order valence-corrected chi connectivity index (χ1v) is 6.74. The van der Waals surface area contributed by atoms with E-state index in [1.807, 2.05) is 0 Å². The quantitative estimate of drug-likeness (QED) is 0.717. The molecule has 7 nitrogen and oxygen atoms in total. The van der Waals surface area contributed by atoms with E-state index in [1.165, 1.54) is 4.68 Å². The maximum atomic E-state index is 11.4. The summed E-state index contributed by atoms with van der Waals surface area (Å²) >= 11 is 5.79. The number of aliphatic hydroxyl groups is 1. The van der Waals surface area contributed by atoms with E-state index < -0.39 is 12.0 Å². The monoisotopic (exact) mass is 310 g/mol. The number of nitrogens with zero attached hydrogens (tertiary/aromatic N) is 3. The number of aliphatic carboxylic acids is 1. The van der Waals surface area contributed by atoms with Crippen molar-refractivity contribution in [2.24, 2.45) is 0 Å². The molecular formula is C13H15ClN4O3. The van der Waals surface area contributed by atoms with Gasteiger partial charge in [-0.2, -0.15) is 0 Å². The highest BCUT2D eigenvalue weighted by Gasteiger charge is 2.23. The summed E-state index contributed by atoms with van der Waals surface area (Å²) in [6, 6.07) is 5.71. The Bertz CT molecular complexity index is 600. The van der Waals surface area contributed by atoms with Crippen molar-refractivity contribution in [3.05, 3.63) is 41.2 Å². The molecule has 0 spiro atoms. The molecule has 1 atom stereocenters. The predicted molar refractivity (Wildman–Crippen MR) is 77.2 cm³/mol. The molecule has 0 fully saturated rings. The van der Waals surface area contributed by atoms with E-state index in [9.17, 15) is 9.90 Å². The van der Waals surface area contributed by atoms with Gasteiger partial charge in [-0.1, -0.05) is 16.8 Å². The van der Waals surface area contributed by atoms with Crippen LogP contribution in [-0.4, -0.2) is 37.8 Å². The van der Waals surface area contributed by atoms with Crippen LogP contribution in [0.4, 0.5) is 5.69 Å². The van der Waals surface area contributed by atoms with Gasteiger partial charge in [0.25, 0.3) is 0 Å². The zero-order valence-electron chi connectivity index (χ0n) is 11.1. The number of anilines is 1. The van der Waals surface area contributed by atoms with Gasteiger partial charge in [0.1, 0.15) is 5.69 Å². The van der Waals surface area contributed by atoms with Crippen LogP contribution in [-0.2, 0) is 11.3 Å². The fraction of sp³-hybridized carbons (Fsp3) is 0.308. The minimum absolute atomic E-state index is 0.0422. The Morgan fingerprint density at radius 1 is 1.38 bits per heavy atom. The smallest absolute Gasteiger partial charge is 0.332 e. The number of halogens is 1. The summed E-state index contributed by atoms with van der Waals surface area (Å²) in [4.78, 5) is 11.4. The van der Waals surface area contributed by atoms with Crippen molar-refractivity contribution in [3.8, 4) is 0 Å². The number of carbonyl (C=O) groups is 1. The van der Waals surface area contributed by atoms with Gasteiger partial charge in [0, 0.05) is 23.9 Å². The number of aryl methyl sites for hydroxylation is 1. The second-order valence-electron chi connectivity index (χ2n) is 4.41. The number of benzene rings is 1. The summed E-state index contributed by atoms with van der Waals surface area (Å²) in [5.41, 5.74) is 0.923. The van der Waals surface area contributed by atoms with Crippen LogP contribution in [0.3, 0.4) is 0 Å². The van der Waals surface area contributed by atoms with Gasteiger partial charge < -0.3 is 15.5 Å². The van der Waals surface area contributed by atoms with E-state index in [0.717, 1.165) is 0 Å². The molecule has 0 aliphatic carbocycles. The number of carboxylic acids is 1. The largest absolute Gasteiger partial charge is 0.479 e. The second kappa shape index (κ2) is 7.05. The van der Waals surface area contributed by atoms with Crippen LogP contribution >= 0.6 is 11.6 Å². The second-order valence-corrected chi connectivity index (χ2v) is 4.84. The summed E-state index contributed by atoms with van der Waals surface area (Å²) in [6.45, 7) is 0.525. The Morgan fingerprint density at radius 3 is 2.71 bits per heavy atom. The molecule has 8 heteroatoms. The molecule has 1 aromatic heterocycles. The van der Waals surface area contributed by atoms with Gasteiger partial charge in [-0.15, -0.1) is 5.10 Å². The summed E-state index contributed by atoms with van der Waals surface area (Å²) in [5, 5.41) is 29.2. The molecule has 2 rings (SSSR count). The number of aromatic nitrogens is 3. The van der Waals surface area contributed by atoms with E-state index in [-0.39, 0.29) is 6.61 Å². The molecule has 1 unspecified atom stereocenters. The van der Waals surface area contributed by atoms with E-state index >= 15 is 0 Å². The van der Waals surface area contributed by atoms with Crippen molar-refractivity contribution in [1.82, 2.24) is 15.0 Å².